The number of nitrogens with one attached hydrogen (secondary N) is 1. The summed E-state index contributed by atoms with van der Waals surface area (Å²) in [5, 5.41) is 12.8. The fraction of sp³-hybridized carbons (Fsp3) is 0.333. The van der Waals surface area contributed by atoms with Gasteiger partial charge in [-0.2, -0.15) is 4.31 Å². The lowest BCUT2D eigenvalue weighted by molar-refractivity contribution is -0.387. The van der Waals surface area contributed by atoms with Crippen LogP contribution in [0.2, 0.25) is 0 Å². The topological polar surface area (TPSA) is 127 Å². The smallest absolute Gasteiger partial charge is 0.258 e. The first-order valence-corrected chi connectivity index (χ1v) is 11.8. The molecular weight excluding hydrogens is 414 g/mol. The molecule has 1 aromatic heterocycles. The average molecular weight is 432 g/mol. The molecule has 146 valence electrons. The Kier molecular flexibility index (Phi) is 5.63. The monoisotopic (exact) mass is 431 g/mol. The number of nitro groups is 1. The molecule has 0 radical (unpaired) electrons. The Morgan fingerprint density at radius 3 is 2.33 bits per heavy atom. The largest absolute Gasteiger partial charge is 0.289 e. The van der Waals surface area contributed by atoms with Gasteiger partial charge in [-0.25, -0.2) is 21.6 Å². The molecule has 27 heavy (non-hydrogen) atoms. The summed E-state index contributed by atoms with van der Waals surface area (Å²) >= 11 is 1.10. The van der Waals surface area contributed by atoms with Gasteiger partial charge in [-0.15, -0.1) is 11.3 Å². The highest BCUT2D eigenvalue weighted by molar-refractivity contribution is 7.91. The summed E-state index contributed by atoms with van der Waals surface area (Å²) in [7, 11) is -7.66. The quantitative estimate of drug-likeness (QED) is 0.549. The van der Waals surface area contributed by atoms with E-state index in [1.54, 1.807) is 11.4 Å². The van der Waals surface area contributed by atoms with Crippen LogP contribution in [0.4, 0.5) is 5.69 Å². The fourth-order valence-corrected chi connectivity index (χ4v) is 6.81. The van der Waals surface area contributed by atoms with Gasteiger partial charge in [-0.3, -0.25) is 10.1 Å². The Balaban J connectivity index is 1.71. The minimum Gasteiger partial charge on any atom is -0.258 e. The number of benzene rings is 1. The molecule has 1 aliphatic rings. The first-order chi connectivity index (χ1) is 12.7. The van der Waals surface area contributed by atoms with Gasteiger partial charge in [0.05, 0.1) is 4.92 Å². The van der Waals surface area contributed by atoms with Crippen LogP contribution in [0.1, 0.15) is 12.8 Å². The van der Waals surface area contributed by atoms with Gasteiger partial charge in [0.15, 0.2) is 4.90 Å². The summed E-state index contributed by atoms with van der Waals surface area (Å²) in [5.74, 6) is 0. The minimum absolute atomic E-state index is 0.0754. The number of piperidine rings is 1. The molecule has 1 aromatic carbocycles. The average Bonchev–Trinajstić information content (AvgIpc) is 3.17. The maximum absolute atomic E-state index is 12.8. The van der Waals surface area contributed by atoms with Crippen LogP contribution in [0.5, 0.6) is 0 Å². The SMILES string of the molecule is O=[N+]([O-])c1ccccc1S(=O)(=O)N1CCC(NS(=O)(=O)c2cccs2)CC1. The lowest BCUT2D eigenvalue weighted by Gasteiger charge is -2.31. The van der Waals surface area contributed by atoms with Gasteiger partial charge in [0.2, 0.25) is 20.0 Å². The molecule has 0 spiro atoms. The molecule has 2 heterocycles. The maximum Gasteiger partial charge on any atom is 0.289 e. The Morgan fingerprint density at radius 2 is 1.74 bits per heavy atom. The Hall–Kier alpha value is -1.86. The molecular formula is C15H17N3O6S3. The number of thiophene rings is 1. The molecule has 0 unspecified atom stereocenters. The summed E-state index contributed by atoms with van der Waals surface area (Å²) in [6.45, 7) is 0.151. The third kappa shape index (κ3) is 4.19. The van der Waals surface area contributed by atoms with Crippen molar-refractivity contribution in [1.29, 1.82) is 0 Å². The zero-order chi connectivity index (χ0) is 19.7. The van der Waals surface area contributed by atoms with Crippen LogP contribution in [0.15, 0.2) is 50.9 Å². The summed E-state index contributed by atoms with van der Waals surface area (Å²) < 4.78 is 54.1. The number of hydrogen-bond acceptors (Lipinski definition) is 7. The number of nitro benzene ring substituents is 1. The van der Waals surface area contributed by atoms with Crippen LogP contribution in [0, 0.1) is 10.1 Å². The van der Waals surface area contributed by atoms with E-state index < -0.39 is 36.7 Å². The summed E-state index contributed by atoms with van der Waals surface area (Å²) in [5.41, 5.74) is -0.474. The van der Waals surface area contributed by atoms with Crippen molar-refractivity contribution in [2.24, 2.45) is 0 Å². The van der Waals surface area contributed by atoms with E-state index >= 15 is 0 Å². The van der Waals surface area contributed by atoms with Crippen molar-refractivity contribution in [2.45, 2.75) is 28.0 Å². The molecule has 2 aromatic rings. The lowest BCUT2D eigenvalue weighted by atomic mass is 10.1. The predicted octanol–water partition coefficient (Wildman–Crippen LogP) is 1.79. The predicted molar refractivity (Wildman–Crippen MR) is 99.5 cm³/mol. The van der Waals surface area contributed by atoms with Crippen molar-refractivity contribution >= 4 is 37.1 Å². The van der Waals surface area contributed by atoms with Crippen LogP contribution >= 0.6 is 11.3 Å². The fourth-order valence-electron chi connectivity index (χ4n) is 2.87. The molecule has 3 rings (SSSR count). The van der Waals surface area contributed by atoms with Crippen LogP contribution in [0.3, 0.4) is 0 Å². The zero-order valence-corrected chi connectivity index (χ0v) is 16.5. The van der Waals surface area contributed by atoms with E-state index in [4.69, 9.17) is 0 Å². The van der Waals surface area contributed by atoms with Crippen LogP contribution in [-0.4, -0.2) is 45.2 Å². The van der Waals surface area contributed by atoms with Crippen molar-refractivity contribution in [1.82, 2.24) is 9.03 Å². The first kappa shape index (κ1) is 19.9. The second-order valence-electron chi connectivity index (χ2n) is 5.96. The second kappa shape index (κ2) is 7.64. The third-order valence-corrected chi connectivity index (χ3v) is 9.08. The molecule has 12 heteroatoms. The van der Waals surface area contributed by atoms with Gasteiger partial charge in [-0.05, 0) is 30.4 Å². The van der Waals surface area contributed by atoms with E-state index in [1.165, 1.54) is 24.3 Å². The molecule has 1 fully saturated rings. The summed E-state index contributed by atoms with van der Waals surface area (Å²) in [6, 6.07) is 7.94. The third-order valence-electron chi connectivity index (χ3n) is 4.22. The molecule has 1 N–H and O–H groups in total. The van der Waals surface area contributed by atoms with Gasteiger partial charge in [-0.1, -0.05) is 18.2 Å². The van der Waals surface area contributed by atoms with E-state index in [1.807, 2.05) is 0 Å². The van der Waals surface area contributed by atoms with Gasteiger partial charge in [0.1, 0.15) is 4.21 Å². The minimum atomic E-state index is -4.03. The van der Waals surface area contributed by atoms with Crippen molar-refractivity contribution in [3.8, 4) is 0 Å². The molecule has 0 atom stereocenters. The molecule has 0 aliphatic carbocycles. The highest BCUT2D eigenvalue weighted by Crippen LogP contribution is 2.28. The number of nitrogens with zero attached hydrogens (tertiary/aromatic N) is 2. The number of hydrogen-bond donors (Lipinski definition) is 1. The second-order valence-corrected chi connectivity index (χ2v) is 10.8. The van der Waals surface area contributed by atoms with Gasteiger partial charge in [0, 0.05) is 25.2 Å². The van der Waals surface area contributed by atoms with Crippen LogP contribution < -0.4 is 4.72 Å². The normalized spacial score (nSPS) is 17.0. The van der Waals surface area contributed by atoms with Crippen LogP contribution in [-0.2, 0) is 20.0 Å². The Labute approximate surface area is 160 Å². The zero-order valence-electron chi connectivity index (χ0n) is 14.0. The lowest BCUT2D eigenvalue weighted by Crippen LogP contribution is -2.46. The van der Waals surface area contributed by atoms with Gasteiger partial charge in [0.25, 0.3) is 5.69 Å². The molecule has 0 bridgehead atoms. The molecule has 1 saturated heterocycles. The van der Waals surface area contributed by atoms with Crippen molar-refractivity contribution in [3.05, 3.63) is 51.9 Å². The molecule has 0 saturated carbocycles. The highest BCUT2D eigenvalue weighted by atomic mass is 32.2. The van der Waals surface area contributed by atoms with Gasteiger partial charge >= 0.3 is 0 Å². The first-order valence-electron chi connectivity index (χ1n) is 8.01. The number of rotatable bonds is 6. The van der Waals surface area contributed by atoms with Crippen molar-refractivity contribution in [2.75, 3.05) is 13.1 Å². The molecule has 1 aliphatic heterocycles. The Bertz CT molecular complexity index is 1030. The van der Waals surface area contributed by atoms with E-state index in [2.05, 4.69) is 4.72 Å². The van der Waals surface area contributed by atoms with Crippen molar-refractivity contribution < 1.29 is 21.8 Å². The molecule has 9 nitrogen and oxygen atoms in total. The van der Waals surface area contributed by atoms with E-state index in [-0.39, 0.29) is 35.0 Å². The van der Waals surface area contributed by atoms with Crippen molar-refractivity contribution in [3.63, 3.8) is 0 Å². The van der Waals surface area contributed by atoms with Crippen LogP contribution in [0.25, 0.3) is 0 Å². The number of para-hydroxylation sites is 1. The standard InChI is InChI=1S/C15H17N3O6S3/c19-18(20)13-4-1-2-5-14(13)27(23,24)17-9-7-12(8-10-17)16-26(21,22)15-6-3-11-25-15/h1-6,11-12,16H,7-10H2. The highest BCUT2D eigenvalue weighted by Gasteiger charge is 2.35. The van der Waals surface area contributed by atoms with E-state index in [0.717, 1.165) is 21.7 Å². The summed E-state index contributed by atoms with van der Waals surface area (Å²) in [4.78, 5) is 10.0. The Morgan fingerprint density at radius 1 is 1.07 bits per heavy atom. The van der Waals surface area contributed by atoms with E-state index in [0.29, 0.717) is 0 Å². The maximum atomic E-state index is 12.8. The molecule has 0 amide bonds. The number of sulfonamides is 2. The van der Waals surface area contributed by atoms with Gasteiger partial charge < -0.3 is 0 Å². The van der Waals surface area contributed by atoms with E-state index in [9.17, 15) is 26.9 Å². The summed E-state index contributed by atoms with van der Waals surface area (Å²) in [6.07, 6.45) is 0.564.